The Labute approximate surface area is 93.0 Å². The summed E-state index contributed by atoms with van der Waals surface area (Å²) in [5, 5.41) is 8.77. The largest absolute Gasteiger partial charge is 0.479 e. The molecule has 0 saturated heterocycles. The second-order valence-electron chi connectivity index (χ2n) is 2.12. The molecule has 0 aromatic carbocycles. The van der Waals surface area contributed by atoms with Crippen molar-refractivity contribution in [2.75, 3.05) is 6.61 Å². The van der Waals surface area contributed by atoms with E-state index in [1.807, 2.05) is 22.6 Å². The number of carboxylic acid groups (broad SMARTS) is 1. The number of hydrogen-bond acceptors (Lipinski definition) is 3. The maximum Gasteiger partial charge on any atom is 0.341 e. The monoisotopic (exact) mass is 313 g/mol. The highest BCUT2D eigenvalue weighted by Gasteiger charge is 2.05. The van der Waals surface area contributed by atoms with Crippen LogP contribution in [0.3, 0.4) is 0 Å². The molecule has 0 atom stereocenters. The number of aliphatic carboxylic acids is 1. The van der Waals surface area contributed by atoms with E-state index in [4.69, 9.17) is 21.4 Å². The fourth-order valence-corrected chi connectivity index (χ4v) is 1.24. The molecule has 0 amide bonds. The second kappa shape index (κ2) is 4.61. The van der Waals surface area contributed by atoms with Crippen molar-refractivity contribution < 1.29 is 14.6 Å². The first-order valence-electron chi connectivity index (χ1n) is 3.25. The van der Waals surface area contributed by atoms with E-state index in [0.29, 0.717) is 14.5 Å². The minimum absolute atomic E-state index is 0.385. The van der Waals surface area contributed by atoms with Crippen LogP contribution >= 0.6 is 34.2 Å². The van der Waals surface area contributed by atoms with Crippen LogP contribution < -0.4 is 4.74 Å². The Kier molecular flexibility index (Phi) is 3.73. The predicted molar refractivity (Wildman–Crippen MR) is 55.1 cm³/mol. The van der Waals surface area contributed by atoms with Crippen LogP contribution in [0.15, 0.2) is 12.3 Å². The molecule has 1 heterocycles. The van der Waals surface area contributed by atoms with Crippen LogP contribution in [0, 0.1) is 3.70 Å². The van der Waals surface area contributed by atoms with Crippen molar-refractivity contribution in [2.45, 2.75) is 0 Å². The average Bonchev–Trinajstić information content (AvgIpc) is 2.06. The van der Waals surface area contributed by atoms with Gasteiger partial charge in [-0.1, -0.05) is 11.6 Å². The van der Waals surface area contributed by atoms with Gasteiger partial charge in [-0.2, -0.15) is 0 Å². The summed E-state index contributed by atoms with van der Waals surface area (Å²) in [4.78, 5) is 14.1. The Morgan fingerprint density at radius 2 is 2.46 bits per heavy atom. The summed E-state index contributed by atoms with van der Waals surface area (Å²) in [5.74, 6) is -0.647. The smallest absolute Gasteiger partial charge is 0.341 e. The Balaban J connectivity index is 2.75. The highest BCUT2D eigenvalue weighted by molar-refractivity contribution is 14.1. The number of carboxylic acids is 1. The van der Waals surface area contributed by atoms with Crippen LogP contribution in [-0.2, 0) is 4.79 Å². The maximum atomic E-state index is 10.2. The Hall–Kier alpha value is -0.560. The van der Waals surface area contributed by atoms with Gasteiger partial charge in [0.05, 0.1) is 5.02 Å². The number of ether oxygens (including phenoxy) is 1. The highest BCUT2D eigenvalue weighted by Crippen LogP contribution is 2.21. The molecule has 0 aliphatic rings. The first kappa shape index (κ1) is 10.5. The van der Waals surface area contributed by atoms with Gasteiger partial charge < -0.3 is 9.84 Å². The summed E-state index contributed by atoms with van der Waals surface area (Å²) in [6, 6.07) is 1.53. The van der Waals surface area contributed by atoms with E-state index in [-0.39, 0.29) is 0 Å². The van der Waals surface area contributed by atoms with Gasteiger partial charge in [0.2, 0.25) is 0 Å². The van der Waals surface area contributed by atoms with Crippen LogP contribution in [0.4, 0.5) is 0 Å². The van der Waals surface area contributed by atoms with Gasteiger partial charge in [-0.3, -0.25) is 0 Å². The molecule has 0 unspecified atom stereocenters. The second-order valence-corrected chi connectivity index (χ2v) is 3.58. The fraction of sp³-hybridized carbons (Fsp3) is 0.143. The third-order valence-electron chi connectivity index (χ3n) is 1.12. The van der Waals surface area contributed by atoms with Crippen molar-refractivity contribution in [1.29, 1.82) is 0 Å². The van der Waals surface area contributed by atoms with Crippen LogP contribution in [0.2, 0.25) is 5.02 Å². The van der Waals surface area contributed by atoms with E-state index in [1.54, 1.807) is 0 Å². The standard InChI is InChI=1S/C7H5ClINO3/c8-4-1-5(7(9)10-2-4)13-3-6(11)12/h1-2H,3H2,(H,11,12). The molecule has 0 bridgehead atoms. The minimum atomic E-state index is -1.03. The fourth-order valence-electron chi connectivity index (χ4n) is 0.645. The molecule has 1 N–H and O–H groups in total. The van der Waals surface area contributed by atoms with Gasteiger partial charge in [-0.15, -0.1) is 0 Å². The normalized spacial score (nSPS) is 9.69. The summed E-state index contributed by atoms with van der Waals surface area (Å²) in [5.41, 5.74) is 0. The van der Waals surface area contributed by atoms with E-state index in [2.05, 4.69) is 4.98 Å². The summed E-state index contributed by atoms with van der Waals surface area (Å²) in [7, 11) is 0. The van der Waals surface area contributed by atoms with E-state index in [0.717, 1.165) is 0 Å². The van der Waals surface area contributed by atoms with Crippen molar-refractivity contribution in [3.05, 3.63) is 21.0 Å². The quantitative estimate of drug-likeness (QED) is 0.683. The van der Waals surface area contributed by atoms with Crippen LogP contribution in [0.25, 0.3) is 0 Å². The first-order valence-corrected chi connectivity index (χ1v) is 4.71. The number of halogens is 2. The molecule has 0 spiro atoms. The van der Waals surface area contributed by atoms with Gasteiger partial charge in [-0.25, -0.2) is 9.78 Å². The number of rotatable bonds is 3. The van der Waals surface area contributed by atoms with E-state index in [1.165, 1.54) is 12.3 Å². The molecule has 0 aliphatic heterocycles. The minimum Gasteiger partial charge on any atom is -0.479 e. The number of carbonyl (C=O) groups is 1. The van der Waals surface area contributed by atoms with Crippen molar-refractivity contribution in [2.24, 2.45) is 0 Å². The Morgan fingerprint density at radius 3 is 3.08 bits per heavy atom. The lowest BCUT2D eigenvalue weighted by atomic mass is 10.4. The summed E-state index contributed by atoms with van der Waals surface area (Å²) < 4.78 is 5.51. The molecular formula is C7H5ClINO3. The summed E-state index contributed by atoms with van der Waals surface area (Å²) in [6.07, 6.45) is 1.47. The third kappa shape index (κ3) is 3.35. The molecule has 70 valence electrons. The van der Waals surface area contributed by atoms with Gasteiger partial charge in [0.25, 0.3) is 0 Å². The molecule has 4 nitrogen and oxygen atoms in total. The van der Waals surface area contributed by atoms with E-state index < -0.39 is 12.6 Å². The number of aromatic nitrogens is 1. The SMILES string of the molecule is O=C(O)COc1cc(Cl)cnc1I. The average molecular weight is 313 g/mol. The molecule has 0 saturated carbocycles. The van der Waals surface area contributed by atoms with Gasteiger partial charge in [0.1, 0.15) is 3.70 Å². The van der Waals surface area contributed by atoms with Gasteiger partial charge in [0, 0.05) is 12.3 Å². The van der Waals surface area contributed by atoms with E-state index >= 15 is 0 Å². The third-order valence-corrected chi connectivity index (χ3v) is 2.14. The molecule has 1 rings (SSSR count). The lowest BCUT2D eigenvalue weighted by Crippen LogP contribution is -2.10. The lowest BCUT2D eigenvalue weighted by molar-refractivity contribution is -0.139. The zero-order chi connectivity index (χ0) is 9.84. The lowest BCUT2D eigenvalue weighted by Gasteiger charge is -2.04. The van der Waals surface area contributed by atoms with Gasteiger partial charge in [0.15, 0.2) is 12.4 Å². The number of pyridine rings is 1. The highest BCUT2D eigenvalue weighted by atomic mass is 127. The Bertz CT molecular complexity index is 332. The van der Waals surface area contributed by atoms with Crippen molar-refractivity contribution >= 4 is 40.2 Å². The molecule has 0 fully saturated rings. The van der Waals surface area contributed by atoms with Crippen molar-refractivity contribution in [1.82, 2.24) is 4.98 Å². The number of hydrogen-bond donors (Lipinski definition) is 1. The summed E-state index contributed by atoms with van der Waals surface area (Å²) >= 11 is 7.57. The van der Waals surface area contributed by atoms with Gasteiger partial charge >= 0.3 is 5.97 Å². The van der Waals surface area contributed by atoms with Gasteiger partial charge in [-0.05, 0) is 22.6 Å². The molecule has 1 aromatic rings. The molecule has 0 aliphatic carbocycles. The topological polar surface area (TPSA) is 59.4 Å². The molecular weight excluding hydrogens is 308 g/mol. The zero-order valence-corrected chi connectivity index (χ0v) is 9.24. The van der Waals surface area contributed by atoms with Crippen molar-refractivity contribution in [3.63, 3.8) is 0 Å². The number of nitrogens with zero attached hydrogens (tertiary/aromatic N) is 1. The van der Waals surface area contributed by atoms with E-state index in [9.17, 15) is 4.79 Å². The van der Waals surface area contributed by atoms with Crippen LogP contribution in [0.5, 0.6) is 5.75 Å². The van der Waals surface area contributed by atoms with Crippen LogP contribution in [0.1, 0.15) is 0 Å². The summed E-state index contributed by atoms with van der Waals surface area (Å²) in [6.45, 7) is -0.391. The molecule has 0 radical (unpaired) electrons. The molecule has 1 aromatic heterocycles. The molecule has 6 heteroatoms. The Morgan fingerprint density at radius 1 is 1.77 bits per heavy atom. The predicted octanol–water partition coefficient (Wildman–Crippen LogP) is 1.80. The molecule has 13 heavy (non-hydrogen) atoms. The van der Waals surface area contributed by atoms with Crippen molar-refractivity contribution in [3.8, 4) is 5.75 Å². The maximum absolute atomic E-state index is 10.2. The first-order chi connectivity index (χ1) is 6.09. The van der Waals surface area contributed by atoms with Crippen LogP contribution in [-0.4, -0.2) is 22.7 Å². The zero-order valence-electron chi connectivity index (χ0n) is 6.33.